The van der Waals surface area contributed by atoms with E-state index in [2.05, 4.69) is 90.0 Å². The van der Waals surface area contributed by atoms with Gasteiger partial charge in [-0.3, -0.25) is 0 Å². The van der Waals surface area contributed by atoms with Gasteiger partial charge in [0.1, 0.15) is 0 Å². The molecule has 5 heteroatoms. The second kappa shape index (κ2) is 33.9. The second-order valence-corrected chi connectivity index (χ2v) is 6.73. The van der Waals surface area contributed by atoms with Crippen molar-refractivity contribution in [2.45, 2.75) is 79.2 Å². The van der Waals surface area contributed by atoms with Gasteiger partial charge in [0.15, 0.2) is 0 Å². The molecule has 0 aromatic heterocycles. The molecule has 0 amide bonds. The second-order valence-electron chi connectivity index (χ2n) is 5.60. The summed E-state index contributed by atoms with van der Waals surface area (Å²) in [6, 6.07) is 9.11. The Hall–Kier alpha value is -0.276. The van der Waals surface area contributed by atoms with Crippen molar-refractivity contribution in [2.75, 3.05) is 32.2 Å². The number of hydrogen-bond acceptors (Lipinski definition) is 3. The molecular weight excluding hydrogens is 516 g/mol. The maximum atomic E-state index is 5.57. The number of terminal acetylenes is 2. The fraction of sp³-hybridized carbons (Fsp3) is 0.536. The molecule has 1 aromatic rings. The molecule has 0 bridgehead atoms. The molecule has 1 aliphatic heterocycles. The van der Waals surface area contributed by atoms with E-state index in [1.807, 2.05) is 60.0 Å². The Morgan fingerprint density at radius 3 is 1.88 bits per heavy atom. The van der Waals surface area contributed by atoms with E-state index in [9.17, 15) is 0 Å². The van der Waals surface area contributed by atoms with Crippen LogP contribution in [0.2, 0.25) is 0 Å². The van der Waals surface area contributed by atoms with Crippen molar-refractivity contribution >= 4 is 26.7 Å². The Labute approximate surface area is 241 Å². The van der Waals surface area contributed by atoms with Gasteiger partial charge in [-0.25, -0.2) is 0 Å². The van der Waals surface area contributed by atoms with E-state index in [0.717, 1.165) is 19.4 Å². The minimum atomic E-state index is 0. The molecule has 2 atom stereocenters. The Balaban J connectivity index is -0.000000135. The van der Waals surface area contributed by atoms with Gasteiger partial charge < -0.3 is 17.2 Å². The largest absolute Gasteiger partial charge is 0.358 e. The van der Waals surface area contributed by atoms with Gasteiger partial charge in [0.25, 0.3) is 0 Å². The van der Waals surface area contributed by atoms with Crippen molar-refractivity contribution in [3.05, 3.63) is 42.3 Å². The molecule has 2 nitrogen and oxygen atoms in total. The summed E-state index contributed by atoms with van der Waals surface area (Å²) >= 11 is 1.84. The summed E-state index contributed by atoms with van der Waals surface area (Å²) in [6.45, 7) is 19.4. The predicted molar refractivity (Wildman–Crippen MR) is 160 cm³/mol. The molecule has 2 rings (SSSR count). The molecule has 1 radical (unpaired) electrons. The number of hydrogen-bond donors (Lipinski definition) is 0. The molecule has 0 N–H and O–H groups in total. The Bertz CT molecular complexity index is 622. The first-order chi connectivity index (χ1) is 15.1. The molecule has 0 fully saturated rings. The minimum Gasteiger partial charge on any atom is -0.358 e. The van der Waals surface area contributed by atoms with Crippen LogP contribution in [0.3, 0.4) is 0 Å². The van der Waals surface area contributed by atoms with E-state index in [1.165, 1.54) is 21.2 Å². The summed E-state index contributed by atoms with van der Waals surface area (Å²) in [6.07, 6.45) is 15.3. The number of para-hydroxylation sites is 1. The van der Waals surface area contributed by atoms with Crippen LogP contribution in [0.15, 0.2) is 39.8 Å². The normalized spacial score (nSPS) is 10.9. The summed E-state index contributed by atoms with van der Waals surface area (Å²) in [7, 11) is 6.68. The van der Waals surface area contributed by atoms with Gasteiger partial charge in [0.2, 0.25) is 0 Å². The van der Waals surface area contributed by atoms with E-state index in [-0.39, 0.29) is 40.1 Å². The maximum absolute atomic E-state index is 5.57. The quantitative estimate of drug-likeness (QED) is 0.200. The number of allylic oxidation sites excluding steroid dienone is 2. The molecule has 33 heavy (non-hydrogen) atoms. The third kappa shape index (κ3) is 17.8. The van der Waals surface area contributed by atoms with Crippen LogP contribution >= 0.6 is 21.0 Å². The zero-order valence-electron chi connectivity index (χ0n) is 23.7. The van der Waals surface area contributed by atoms with Crippen LogP contribution in [0, 0.1) is 32.6 Å². The van der Waals surface area contributed by atoms with Crippen molar-refractivity contribution in [3.8, 4) is 25.2 Å². The predicted octanol–water partition coefficient (Wildman–Crippen LogP) is 8.46. The van der Waals surface area contributed by atoms with Gasteiger partial charge in [-0.1, -0.05) is 79.0 Å². The van der Waals surface area contributed by atoms with E-state index < -0.39 is 0 Å². The average Bonchev–Trinajstić information content (AvgIpc) is 2.85. The Kier molecular flexibility index (Phi) is 47.4. The van der Waals surface area contributed by atoms with Gasteiger partial charge in [-0.05, 0) is 39.6 Å². The topological polar surface area (TPSA) is 6.48 Å². The van der Waals surface area contributed by atoms with Crippen molar-refractivity contribution < 1.29 is 32.7 Å². The van der Waals surface area contributed by atoms with Gasteiger partial charge in [-0.15, -0.1) is 34.4 Å². The first kappa shape index (κ1) is 46.1. The van der Waals surface area contributed by atoms with Crippen molar-refractivity contribution in [1.29, 1.82) is 0 Å². The van der Waals surface area contributed by atoms with Crippen LogP contribution in [-0.4, -0.2) is 38.2 Å². The first-order valence-corrected chi connectivity index (χ1v) is 13.3. The molecule has 1 aromatic carbocycles. The van der Waals surface area contributed by atoms with Crippen LogP contribution in [0.1, 0.15) is 68.2 Å². The third-order valence-electron chi connectivity index (χ3n) is 3.96. The van der Waals surface area contributed by atoms with E-state index in [1.54, 1.807) is 0 Å². The first-order valence-electron chi connectivity index (χ1n) is 11.4. The van der Waals surface area contributed by atoms with Gasteiger partial charge >= 0.3 is 0 Å². The number of rotatable bonds is 5. The Morgan fingerprint density at radius 1 is 1.03 bits per heavy atom. The van der Waals surface area contributed by atoms with Crippen LogP contribution < -0.4 is 4.90 Å². The summed E-state index contributed by atoms with van der Waals surface area (Å²) in [5.74, 6) is 2.81. The van der Waals surface area contributed by atoms with Crippen LogP contribution in [0.25, 0.3) is 0 Å². The SMILES string of the molecule is C#C.C#CCC1=C(CC)N(CC(C)N(C)C)c2ccccc2S1.CC.CC.CC.CP.[CH3-].[Y]. The van der Waals surface area contributed by atoms with Crippen molar-refractivity contribution in [2.24, 2.45) is 0 Å². The standard InChI is InChI=1S/C18H24N2S.3C2H6.C2H2.CH5P.CH3.Y/c1-6-10-17-15(7-2)20(13-14(3)19(4)5)16-11-8-9-12-18(16)21-17;5*1-2;;/h1,8-9,11-12,14H,7,10,13H2,2-5H3;3*1-2H3;1-2H;2H2,1H3;1H3;/q;;;;;;-1;. The number of likely N-dealkylation sites (N-methyl/N-ethyl adjacent to an activating group) is 1. The third-order valence-corrected chi connectivity index (χ3v) is 5.15. The number of benzene rings is 1. The van der Waals surface area contributed by atoms with Gasteiger partial charge in [0, 0.05) is 67.2 Å². The van der Waals surface area contributed by atoms with Crippen molar-refractivity contribution in [3.63, 3.8) is 0 Å². The molecule has 0 saturated heterocycles. The summed E-state index contributed by atoms with van der Waals surface area (Å²) in [5.41, 5.74) is 2.69. The van der Waals surface area contributed by atoms with Gasteiger partial charge in [-0.2, -0.15) is 0 Å². The molecule has 0 saturated carbocycles. The number of fused-ring (bicyclic) bond motifs is 1. The fourth-order valence-corrected chi connectivity index (χ4v) is 3.73. The summed E-state index contributed by atoms with van der Waals surface area (Å²) in [5, 5.41) is 0. The van der Waals surface area contributed by atoms with Crippen LogP contribution in [-0.2, 0) is 32.7 Å². The van der Waals surface area contributed by atoms with Crippen molar-refractivity contribution in [1.82, 2.24) is 4.90 Å². The summed E-state index contributed by atoms with van der Waals surface area (Å²) < 4.78 is 0. The maximum Gasteiger partial charge on any atom is 0.0550 e. The van der Waals surface area contributed by atoms with E-state index >= 15 is 0 Å². The van der Waals surface area contributed by atoms with Gasteiger partial charge in [0.05, 0.1) is 5.69 Å². The van der Waals surface area contributed by atoms with E-state index in [0.29, 0.717) is 6.04 Å². The molecule has 1 heterocycles. The number of nitrogens with zero attached hydrogens (tertiary/aromatic N) is 2. The molecule has 1 aliphatic rings. The van der Waals surface area contributed by atoms with E-state index in [4.69, 9.17) is 6.42 Å². The molecular formula is C28H52N2PSY-. The van der Waals surface area contributed by atoms with Crippen LogP contribution in [0.5, 0.6) is 0 Å². The average molecular weight is 569 g/mol. The fourth-order valence-electron chi connectivity index (χ4n) is 2.51. The monoisotopic (exact) mass is 568 g/mol. The number of thioether (sulfide) groups is 1. The van der Waals surface area contributed by atoms with Crippen LogP contribution in [0.4, 0.5) is 5.69 Å². The minimum absolute atomic E-state index is 0. The molecule has 0 aliphatic carbocycles. The number of anilines is 1. The Morgan fingerprint density at radius 2 is 1.48 bits per heavy atom. The molecule has 0 spiro atoms. The molecule has 2 unspecified atom stereocenters. The summed E-state index contributed by atoms with van der Waals surface area (Å²) in [4.78, 5) is 7.36. The smallest absolute Gasteiger partial charge is 0.0550 e. The zero-order valence-corrected chi connectivity index (χ0v) is 28.5. The molecule has 189 valence electrons. The zero-order chi connectivity index (χ0) is 25.4.